The molecule has 1 N–H and O–H groups in total. The van der Waals surface area contributed by atoms with Crippen molar-refractivity contribution in [2.24, 2.45) is 23.2 Å². The highest BCUT2D eigenvalue weighted by Gasteiger charge is 2.43. The molecule has 4 unspecified atom stereocenters. The molecule has 0 aromatic carbocycles. The second kappa shape index (κ2) is 16.4. The molecule has 0 saturated heterocycles. The highest BCUT2D eigenvalue weighted by Crippen LogP contribution is 2.48. The van der Waals surface area contributed by atoms with Gasteiger partial charge < -0.3 is 10.1 Å². The molecule has 2 rings (SSSR count). The van der Waals surface area contributed by atoms with Crippen LogP contribution in [0, 0.1) is 23.2 Å². The average Bonchev–Trinajstić information content (AvgIpc) is 3.44. The van der Waals surface area contributed by atoms with E-state index in [4.69, 9.17) is 4.74 Å². The third-order valence-electron chi connectivity index (χ3n) is 8.13. The number of carbonyl (C=O) groups excluding carboxylic acids is 2. The Morgan fingerprint density at radius 1 is 0.853 bits per heavy atom. The summed E-state index contributed by atoms with van der Waals surface area (Å²) in [6.07, 6.45) is 24.3. The van der Waals surface area contributed by atoms with Crippen LogP contribution in [0.1, 0.15) is 130 Å². The number of hydrogen-bond acceptors (Lipinski definition) is 3. The van der Waals surface area contributed by atoms with E-state index in [-0.39, 0.29) is 18.5 Å². The molecule has 196 valence electrons. The molecular weight excluding hydrogens is 422 g/mol. The predicted octanol–water partition coefficient (Wildman–Crippen LogP) is 8.39. The summed E-state index contributed by atoms with van der Waals surface area (Å²) >= 11 is 0. The Morgan fingerprint density at radius 3 is 2.03 bits per heavy atom. The first-order chi connectivity index (χ1) is 16.5. The van der Waals surface area contributed by atoms with Crippen LogP contribution in [-0.2, 0) is 9.53 Å². The molecule has 2 aliphatic rings. The first kappa shape index (κ1) is 28.9. The molecular formula is C30H53NO3. The Kier molecular flexibility index (Phi) is 13.9. The molecule has 1 fully saturated rings. The van der Waals surface area contributed by atoms with Gasteiger partial charge in [-0.25, -0.2) is 4.79 Å². The number of nitrogens with one attached hydrogen (secondary N) is 1. The van der Waals surface area contributed by atoms with Gasteiger partial charge in [0, 0.05) is 13.0 Å². The number of carbonyl (C=O) groups is 2. The van der Waals surface area contributed by atoms with E-state index in [1.54, 1.807) is 0 Å². The summed E-state index contributed by atoms with van der Waals surface area (Å²) in [4.78, 5) is 25.5. The van der Waals surface area contributed by atoms with Crippen LogP contribution in [0.3, 0.4) is 0 Å². The molecule has 0 aromatic heterocycles. The molecule has 4 heteroatoms. The van der Waals surface area contributed by atoms with Crippen molar-refractivity contribution in [2.45, 2.75) is 130 Å². The van der Waals surface area contributed by atoms with Gasteiger partial charge in [0.2, 0.25) is 0 Å². The predicted molar refractivity (Wildman–Crippen MR) is 142 cm³/mol. The summed E-state index contributed by atoms with van der Waals surface area (Å²) in [6, 6.07) is 0. The lowest BCUT2D eigenvalue weighted by molar-refractivity contribution is -0.131. The molecule has 2 bridgehead atoms. The molecule has 0 radical (unpaired) electrons. The van der Waals surface area contributed by atoms with Gasteiger partial charge in [0.25, 0.3) is 0 Å². The lowest BCUT2D eigenvalue weighted by atomic mass is 9.73. The highest BCUT2D eigenvalue weighted by atomic mass is 16.5. The zero-order chi connectivity index (χ0) is 24.7. The lowest BCUT2D eigenvalue weighted by Crippen LogP contribution is -2.38. The Balaban J connectivity index is 1.71. The average molecular weight is 476 g/mol. The number of Topliss-reactive ketones (excluding diaryl/α,β-unsaturated/α-hetero) is 1. The molecule has 34 heavy (non-hydrogen) atoms. The fourth-order valence-electron chi connectivity index (χ4n) is 5.86. The van der Waals surface area contributed by atoms with Crippen LogP contribution in [0.25, 0.3) is 0 Å². The van der Waals surface area contributed by atoms with E-state index in [9.17, 15) is 9.59 Å². The van der Waals surface area contributed by atoms with Crippen molar-refractivity contribution < 1.29 is 14.3 Å². The number of amides is 1. The van der Waals surface area contributed by atoms with Gasteiger partial charge >= 0.3 is 6.09 Å². The maximum Gasteiger partial charge on any atom is 0.407 e. The third-order valence-corrected chi connectivity index (χ3v) is 8.13. The normalized spacial score (nSPS) is 22.6. The minimum absolute atomic E-state index is 0.208. The minimum atomic E-state index is -0.566. The Morgan fingerprint density at radius 2 is 1.47 bits per heavy atom. The van der Waals surface area contributed by atoms with Gasteiger partial charge in [-0.1, -0.05) is 96.6 Å². The number of allylic oxidation sites excluding steroid dienone is 2. The fraction of sp³-hybridized carbons (Fsp3) is 0.867. The van der Waals surface area contributed by atoms with Crippen LogP contribution in [-0.4, -0.2) is 25.0 Å². The maximum atomic E-state index is 13.4. The summed E-state index contributed by atoms with van der Waals surface area (Å²) in [5.41, 5.74) is -0.566. The van der Waals surface area contributed by atoms with E-state index in [1.165, 1.54) is 70.6 Å². The van der Waals surface area contributed by atoms with Gasteiger partial charge in [-0.15, -0.1) is 0 Å². The largest absolute Gasteiger partial charge is 0.449 e. The number of fused-ring (bicyclic) bond motifs is 2. The molecule has 0 spiro atoms. The molecule has 1 saturated carbocycles. The monoisotopic (exact) mass is 475 g/mol. The quantitative estimate of drug-likeness (QED) is 0.142. The number of ketones is 1. The molecule has 2 aliphatic carbocycles. The van der Waals surface area contributed by atoms with Crippen LogP contribution >= 0.6 is 0 Å². The molecule has 0 aliphatic heterocycles. The van der Waals surface area contributed by atoms with Gasteiger partial charge in [-0.05, 0) is 56.8 Å². The first-order valence-corrected chi connectivity index (χ1v) is 14.6. The molecule has 0 aromatic rings. The summed E-state index contributed by atoms with van der Waals surface area (Å²) < 4.78 is 5.58. The zero-order valence-electron chi connectivity index (χ0n) is 22.5. The SMILES string of the molecule is CCCCCCCCCCCCCC(=O)C(C)(COC(=O)NCCCC)CC1CC2C=CC1C2. The topological polar surface area (TPSA) is 55.4 Å². The van der Waals surface area contributed by atoms with E-state index in [0.717, 1.165) is 32.1 Å². The summed E-state index contributed by atoms with van der Waals surface area (Å²) in [5, 5.41) is 2.82. The number of ether oxygens (including phenoxy) is 1. The molecule has 1 amide bonds. The van der Waals surface area contributed by atoms with Gasteiger partial charge in [-0.2, -0.15) is 0 Å². The maximum absolute atomic E-state index is 13.4. The van der Waals surface area contributed by atoms with Crippen molar-refractivity contribution in [1.29, 1.82) is 0 Å². The van der Waals surface area contributed by atoms with Gasteiger partial charge in [0.15, 0.2) is 0 Å². The van der Waals surface area contributed by atoms with Crippen molar-refractivity contribution in [2.75, 3.05) is 13.2 Å². The van der Waals surface area contributed by atoms with E-state index >= 15 is 0 Å². The summed E-state index contributed by atoms with van der Waals surface area (Å²) in [5.74, 6) is 2.14. The number of alkyl carbamates (subject to hydrolysis) is 1. The third kappa shape index (κ3) is 10.5. The Hall–Kier alpha value is -1.32. The van der Waals surface area contributed by atoms with Crippen LogP contribution in [0.15, 0.2) is 12.2 Å². The number of unbranched alkanes of at least 4 members (excludes halogenated alkanes) is 11. The second-order valence-corrected chi connectivity index (χ2v) is 11.4. The van der Waals surface area contributed by atoms with E-state index in [1.807, 2.05) is 6.92 Å². The second-order valence-electron chi connectivity index (χ2n) is 11.4. The van der Waals surface area contributed by atoms with Gasteiger partial charge in [0.05, 0.1) is 5.41 Å². The number of hydrogen-bond donors (Lipinski definition) is 1. The molecule has 4 atom stereocenters. The smallest absolute Gasteiger partial charge is 0.407 e. The molecule has 4 nitrogen and oxygen atoms in total. The lowest BCUT2D eigenvalue weighted by Gasteiger charge is -2.32. The van der Waals surface area contributed by atoms with Crippen LogP contribution in [0.4, 0.5) is 4.79 Å². The van der Waals surface area contributed by atoms with Crippen molar-refractivity contribution >= 4 is 11.9 Å². The van der Waals surface area contributed by atoms with Crippen LogP contribution < -0.4 is 5.32 Å². The summed E-state index contributed by atoms with van der Waals surface area (Å²) in [6.45, 7) is 7.25. The highest BCUT2D eigenvalue weighted by molar-refractivity contribution is 5.85. The number of rotatable bonds is 20. The Bertz CT molecular complexity index is 616. The minimum Gasteiger partial charge on any atom is -0.449 e. The zero-order valence-corrected chi connectivity index (χ0v) is 22.5. The van der Waals surface area contributed by atoms with Gasteiger partial charge in [-0.3, -0.25) is 4.79 Å². The van der Waals surface area contributed by atoms with E-state index in [0.29, 0.717) is 30.7 Å². The van der Waals surface area contributed by atoms with Crippen molar-refractivity contribution in [1.82, 2.24) is 5.32 Å². The molecule has 0 heterocycles. The van der Waals surface area contributed by atoms with Crippen molar-refractivity contribution in [3.05, 3.63) is 12.2 Å². The van der Waals surface area contributed by atoms with Crippen molar-refractivity contribution in [3.8, 4) is 0 Å². The van der Waals surface area contributed by atoms with Crippen LogP contribution in [0.2, 0.25) is 0 Å². The standard InChI is InChI=1S/C30H53NO3/c1-4-6-8-9-10-11-12-13-14-15-16-17-28(32)30(3,24-34-29(33)31-20-7-5-2)23-27-22-25-18-19-26(27)21-25/h18-19,25-27H,4-17,20-24H2,1-3H3,(H,31,33). The van der Waals surface area contributed by atoms with Gasteiger partial charge in [0.1, 0.15) is 12.4 Å². The summed E-state index contributed by atoms with van der Waals surface area (Å²) in [7, 11) is 0. The van der Waals surface area contributed by atoms with E-state index in [2.05, 4.69) is 31.3 Å². The van der Waals surface area contributed by atoms with Crippen molar-refractivity contribution in [3.63, 3.8) is 0 Å². The fourth-order valence-corrected chi connectivity index (χ4v) is 5.86. The first-order valence-electron chi connectivity index (χ1n) is 14.6. The van der Waals surface area contributed by atoms with E-state index < -0.39 is 5.41 Å². The van der Waals surface area contributed by atoms with Crippen LogP contribution in [0.5, 0.6) is 0 Å². The Labute approximate surface area is 210 Å².